The lowest BCUT2D eigenvalue weighted by atomic mass is 10.2. The van der Waals surface area contributed by atoms with E-state index in [0.717, 1.165) is 0 Å². The zero-order valence-corrected chi connectivity index (χ0v) is 15.0. The van der Waals surface area contributed by atoms with Crippen molar-refractivity contribution in [3.05, 3.63) is 71.1 Å². The van der Waals surface area contributed by atoms with Gasteiger partial charge in [0, 0.05) is 6.07 Å². The van der Waals surface area contributed by atoms with Crippen LogP contribution >= 0.6 is 11.6 Å². The molecule has 0 bridgehead atoms. The number of nitrogens with zero attached hydrogens (tertiary/aromatic N) is 2. The Morgan fingerprint density at radius 1 is 1.04 bits per heavy atom. The van der Waals surface area contributed by atoms with Crippen molar-refractivity contribution in [1.82, 2.24) is 9.97 Å². The van der Waals surface area contributed by atoms with Gasteiger partial charge in [0.25, 0.3) is 5.91 Å². The maximum atomic E-state index is 12.6. The van der Waals surface area contributed by atoms with Gasteiger partial charge in [0.05, 0.1) is 23.5 Å². The molecule has 0 aliphatic carbocycles. The summed E-state index contributed by atoms with van der Waals surface area (Å²) in [6, 6.07) is 16.0. The predicted octanol–water partition coefficient (Wildman–Crippen LogP) is 4.44. The maximum absolute atomic E-state index is 12.6. The predicted molar refractivity (Wildman–Crippen MR) is 102 cm³/mol. The van der Waals surface area contributed by atoms with E-state index in [0.29, 0.717) is 33.8 Å². The first kappa shape index (κ1) is 17.7. The molecule has 1 amide bonds. The molecule has 6 nitrogen and oxygen atoms in total. The van der Waals surface area contributed by atoms with E-state index in [1.165, 1.54) is 0 Å². The molecule has 0 atom stereocenters. The first-order valence-corrected chi connectivity index (χ1v) is 8.26. The van der Waals surface area contributed by atoms with Crippen molar-refractivity contribution in [2.45, 2.75) is 6.92 Å². The summed E-state index contributed by atoms with van der Waals surface area (Å²) in [5.41, 5.74) is 1.50. The van der Waals surface area contributed by atoms with Gasteiger partial charge in [0.1, 0.15) is 23.1 Å². The summed E-state index contributed by atoms with van der Waals surface area (Å²) >= 11 is 6.16. The maximum Gasteiger partial charge on any atom is 0.274 e. The number of para-hydroxylation sites is 3. The molecule has 0 radical (unpaired) electrons. The molecule has 0 fully saturated rings. The molecular formula is C19H17ClN4O2. The number of rotatable bonds is 5. The Balaban J connectivity index is 1.85. The second-order valence-electron chi connectivity index (χ2n) is 5.44. The highest BCUT2D eigenvalue weighted by atomic mass is 35.5. The number of anilines is 3. The van der Waals surface area contributed by atoms with E-state index in [9.17, 15) is 4.79 Å². The molecule has 3 rings (SSSR count). The number of carbonyl (C=O) groups excluding carboxylic acids is 1. The Labute approximate surface area is 156 Å². The Bertz CT molecular complexity index is 946. The summed E-state index contributed by atoms with van der Waals surface area (Å²) in [5.74, 6) is 1.16. The lowest BCUT2D eigenvalue weighted by molar-refractivity contribution is 0.102. The fourth-order valence-electron chi connectivity index (χ4n) is 2.38. The number of amides is 1. The van der Waals surface area contributed by atoms with Gasteiger partial charge in [0.2, 0.25) is 0 Å². The third-order valence-corrected chi connectivity index (χ3v) is 3.89. The van der Waals surface area contributed by atoms with Gasteiger partial charge in [-0.15, -0.1) is 0 Å². The van der Waals surface area contributed by atoms with Crippen LogP contribution in [0.25, 0.3) is 0 Å². The Hall–Kier alpha value is -3.12. The fourth-order valence-corrected chi connectivity index (χ4v) is 2.57. The van der Waals surface area contributed by atoms with Crippen LogP contribution in [0.5, 0.6) is 5.75 Å². The smallest absolute Gasteiger partial charge is 0.274 e. The molecule has 26 heavy (non-hydrogen) atoms. The first-order chi connectivity index (χ1) is 12.6. The second kappa shape index (κ2) is 7.84. The summed E-state index contributed by atoms with van der Waals surface area (Å²) in [6.07, 6.45) is 0. The van der Waals surface area contributed by atoms with Crippen LogP contribution in [0.4, 0.5) is 17.2 Å². The van der Waals surface area contributed by atoms with Gasteiger partial charge in [-0.05, 0) is 31.2 Å². The van der Waals surface area contributed by atoms with E-state index in [1.54, 1.807) is 38.3 Å². The Kier molecular flexibility index (Phi) is 5.34. The van der Waals surface area contributed by atoms with Crippen molar-refractivity contribution < 1.29 is 9.53 Å². The summed E-state index contributed by atoms with van der Waals surface area (Å²) < 4.78 is 5.25. The Morgan fingerprint density at radius 2 is 1.73 bits per heavy atom. The number of aryl methyl sites for hydroxylation is 1. The number of benzene rings is 2. The highest BCUT2D eigenvalue weighted by Crippen LogP contribution is 2.25. The average molecular weight is 369 g/mol. The van der Waals surface area contributed by atoms with Crippen LogP contribution < -0.4 is 15.4 Å². The van der Waals surface area contributed by atoms with Crippen LogP contribution in [-0.4, -0.2) is 23.0 Å². The molecule has 7 heteroatoms. The normalized spacial score (nSPS) is 10.3. The third-order valence-electron chi connectivity index (χ3n) is 3.56. The van der Waals surface area contributed by atoms with Crippen molar-refractivity contribution in [1.29, 1.82) is 0 Å². The minimum absolute atomic E-state index is 0.234. The van der Waals surface area contributed by atoms with Crippen LogP contribution in [0, 0.1) is 6.92 Å². The van der Waals surface area contributed by atoms with Gasteiger partial charge >= 0.3 is 0 Å². The van der Waals surface area contributed by atoms with Crippen molar-refractivity contribution in [3.63, 3.8) is 0 Å². The standard InChI is InChI=1S/C19H17ClN4O2/c1-12-21-16(19(25)24-15-9-5-6-10-17(15)26-2)11-18(22-12)23-14-8-4-3-7-13(14)20/h3-11H,1-2H3,(H,24,25)(H,21,22,23). The molecule has 1 aromatic heterocycles. The molecule has 2 aromatic carbocycles. The number of aromatic nitrogens is 2. The van der Waals surface area contributed by atoms with Crippen LogP contribution in [0.15, 0.2) is 54.6 Å². The van der Waals surface area contributed by atoms with E-state index >= 15 is 0 Å². The van der Waals surface area contributed by atoms with Gasteiger partial charge in [0.15, 0.2) is 0 Å². The van der Waals surface area contributed by atoms with Gasteiger partial charge < -0.3 is 15.4 Å². The first-order valence-electron chi connectivity index (χ1n) is 7.88. The molecule has 132 valence electrons. The number of ether oxygens (including phenoxy) is 1. The molecule has 0 spiro atoms. The van der Waals surface area contributed by atoms with E-state index in [1.807, 2.05) is 30.3 Å². The van der Waals surface area contributed by atoms with E-state index < -0.39 is 0 Å². The molecule has 0 unspecified atom stereocenters. The Morgan fingerprint density at radius 3 is 2.46 bits per heavy atom. The number of carbonyl (C=O) groups is 1. The minimum Gasteiger partial charge on any atom is -0.495 e. The zero-order chi connectivity index (χ0) is 18.5. The van der Waals surface area contributed by atoms with Crippen molar-refractivity contribution in [2.24, 2.45) is 0 Å². The van der Waals surface area contributed by atoms with Gasteiger partial charge in [-0.25, -0.2) is 9.97 Å². The van der Waals surface area contributed by atoms with Crippen molar-refractivity contribution in [2.75, 3.05) is 17.7 Å². The monoisotopic (exact) mass is 368 g/mol. The molecule has 0 saturated carbocycles. The van der Waals surface area contributed by atoms with Crippen molar-refractivity contribution in [3.8, 4) is 5.75 Å². The number of nitrogens with one attached hydrogen (secondary N) is 2. The highest BCUT2D eigenvalue weighted by Gasteiger charge is 2.13. The van der Waals surface area contributed by atoms with Crippen molar-refractivity contribution >= 4 is 34.7 Å². The molecular weight excluding hydrogens is 352 g/mol. The van der Waals surface area contributed by atoms with Gasteiger partial charge in [-0.2, -0.15) is 0 Å². The van der Waals surface area contributed by atoms with Crippen LogP contribution in [-0.2, 0) is 0 Å². The second-order valence-corrected chi connectivity index (χ2v) is 5.85. The molecule has 0 saturated heterocycles. The molecule has 0 aliphatic heterocycles. The van der Waals surface area contributed by atoms with Gasteiger partial charge in [-0.3, -0.25) is 4.79 Å². The molecule has 2 N–H and O–H groups in total. The molecule has 0 aliphatic rings. The lowest BCUT2D eigenvalue weighted by Gasteiger charge is -2.11. The SMILES string of the molecule is COc1ccccc1NC(=O)c1cc(Nc2ccccc2Cl)nc(C)n1. The van der Waals surface area contributed by atoms with Crippen LogP contribution in [0.1, 0.15) is 16.3 Å². The summed E-state index contributed by atoms with van der Waals surface area (Å²) in [6.45, 7) is 1.72. The molecule has 3 aromatic rings. The highest BCUT2D eigenvalue weighted by molar-refractivity contribution is 6.33. The molecule has 1 heterocycles. The summed E-state index contributed by atoms with van der Waals surface area (Å²) in [7, 11) is 1.55. The fraction of sp³-hybridized carbons (Fsp3) is 0.105. The zero-order valence-electron chi connectivity index (χ0n) is 14.3. The summed E-state index contributed by atoms with van der Waals surface area (Å²) in [5, 5.41) is 6.47. The topological polar surface area (TPSA) is 76.1 Å². The van der Waals surface area contributed by atoms with E-state index in [-0.39, 0.29) is 11.6 Å². The average Bonchev–Trinajstić information content (AvgIpc) is 2.63. The quantitative estimate of drug-likeness (QED) is 0.696. The number of methoxy groups -OCH3 is 1. The minimum atomic E-state index is -0.359. The van der Waals surface area contributed by atoms with Crippen LogP contribution in [0.3, 0.4) is 0 Å². The van der Waals surface area contributed by atoms with Gasteiger partial charge in [-0.1, -0.05) is 35.9 Å². The lowest BCUT2D eigenvalue weighted by Crippen LogP contribution is -2.16. The summed E-state index contributed by atoms with van der Waals surface area (Å²) in [4.78, 5) is 21.1. The third kappa shape index (κ3) is 4.10. The number of halogens is 1. The van der Waals surface area contributed by atoms with E-state index in [2.05, 4.69) is 20.6 Å². The number of hydrogen-bond donors (Lipinski definition) is 2. The number of hydrogen-bond acceptors (Lipinski definition) is 5. The largest absolute Gasteiger partial charge is 0.495 e. The van der Waals surface area contributed by atoms with E-state index in [4.69, 9.17) is 16.3 Å². The van der Waals surface area contributed by atoms with Crippen LogP contribution in [0.2, 0.25) is 5.02 Å².